The third-order valence-electron chi connectivity index (χ3n) is 4.32. The molecule has 1 aromatic heterocycles. The van der Waals surface area contributed by atoms with Gasteiger partial charge in [-0.05, 0) is 35.7 Å². The molecular weight excluding hydrogens is 483 g/mol. The summed E-state index contributed by atoms with van der Waals surface area (Å²) < 4.78 is 27.2. The standard InChI is InChI=1S/C19H11Cl3N6O2S/c20-12-7-14(21)17(15(22)8-12)25-19-26-18(24)28(27-19)31(29,30)16-3-1-2-11-6-10(9-23)4-5-13(11)16/h1-8H,(H3,24,25,26,27). The maximum Gasteiger partial charge on any atom is 0.286 e. The summed E-state index contributed by atoms with van der Waals surface area (Å²) in [6.45, 7) is 0. The molecule has 0 saturated heterocycles. The van der Waals surface area contributed by atoms with Crippen LogP contribution in [0, 0.1) is 11.3 Å². The first kappa shape index (κ1) is 21.2. The number of rotatable bonds is 4. The van der Waals surface area contributed by atoms with Gasteiger partial charge in [0.2, 0.25) is 11.9 Å². The second-order valence-electron chi connectivity index (χ2n) is 6.31. The Morgan fingerprint density at radius 2 is 1.77 bits per heavy atom. The number of nitrogens with one attached hydrogen (secondary N) is 1. The Morgan fingerprint density at radius 1 is 1.06 bits per heavy atom. The molecule has 4 aromatic rings. The summed E-state index contributed by atoms with van der Waals surface area (Å²) in [6, 6.07) is 14.3. The van der Waals surface area contributed by atoms with Crippen molar-refractivity contribution in [3.05, 3.63) is 69.2 Å². The van der Waals surface area contributed by atoms with Crippen molar-refractivity contribution in [1.29, 1.82) is 5.26 Å². The van der Waals surface area contributed by atoms with E-state index in [0.29, 0.717) is 25.4 Å². The van der Waals surface area contributed by atoms with Crippen LogP contribution < -0.4 is 11.1 Å². The van der Waals surface area contributed by atoms with Gasteiger partial charge in [-0.25, -0.2) is 0 Å². The number of fused-ring (bicyclic) bond motifs is 1. The molecule has 0 saturated carbocycles. The zero-order valence-electron chi connectivity index (χ0n) is 15.3. The van der Waals surface area contributed by atoms with Gasteiger partial charge in [0.05, 0.1) is 32.3 Å². The number of nitrogens with zero attached hydrogens (tertiary/aromatic N) is 4. The van der Waals surface area contributed by atoms with Crippen LogP contribution in [-0.4, -0.2) is 22.6 Å². The fourth-order valence-electron chi connectivity index (χ4n) is 2.96. The van der Waals surface area contributed by atoms with Gasteiger partial charge >= 0.3 is 0 Å². The number of nitriles is 1. The average Bonchev–Trinajstić information content (AvgIpc) is 3.10. The third-order valence-corrected chi connectivity index (χ3v) is 6.77. The molecule has 0 spiro atoms. The molecule has 0 aliphatic heterocycles. The van der Waals surface area contributed by atoms with Crippen molar-refractivity contribution in [2.45, 2.75) is 4.90 Å². The number of anilines is 3. The Labute approximate surface area is 191 Å². The molecule has 3 N–H and O–H groups in total. The molecular formula is C19H11Cl3N6O2S. The van der Waals surface area contributed by atoms with E-state index in [0.717, 1.165) is 0 Å². The summed E-state index contributed by atoms with van der Waals surface area (Å²) in [7, 11) is -4.21. The summed E-state index contributed by atoms with van der Waals surface area (Å²) in [6.07, 6.45) is 0. The van der Waals surface area contributed by atoms with Crippen molar-refractivity contribution in [2.75, 3.05) is 11.1 Å². The minimum absolute atomic E-state index is 0.0415. The first-order valence-corrected chi connectivity index (χ1v) is 11.1. The van der Waals surface area contributed by atoms with Crippen molar-refractivity contribution in [1.82, 2.24) is 14.2 Å². The van der Waals surface area contributed by atoms with Gasteiger partial charge in [0.1, 0.15) is 0 Å². The van der Waals surface area contributed by atoms with E-state index in [1.54, 1.807) is 24.3 Å². The molecule has 0 bridgehead atoms. The Morgan fingerprint density at radius 3 is 2.45 bits per heavy atom. The molecule has 12 heteroatoms. The van der Waals surface area contributed by atoms with Crippen LogP contribution >= 0.6 is 34.8 Å². The van der Waals surface area contributed by atoms with Gasteiger partial charge in [-0.2, -0.15) is 18.7 Å². The fraction of sp³-hybridized carbons (Fsp3) is 0. The molecule has 0 fully saturated rings. The minimum atomic E-state index is -4.21. The van der Waals surface area contributed by atoms with E-state index in [-0.39, 0.29) is 32.5 Å². The molecule has 0 radical (unpaired) electrons. The van der Waals surface area contributed by atoms with Crippen LogP contribution in [0.5, 0.6) is 0 Å². The highest BCUT2D eigenvalue weighted by atomic mass is 35.5. The molecule has 0 unspecified atom stereocenters. The van der Waals surface area contributed by atoms with Crippen molar-refractivity contribution < 1.29 is 8.42 Å². The van der Waals surface area contributed by atoms with E-state index < -0.39 is 10.0 Å². The molecule has 3 aromatic carbocycles. The van der Waals surface area contributed by atoms with Crippen LogP contribution in [0.15, 0.2) is 53.4 Å². The van der Waals surface area contributed by atoms with Crippen molar-refractivity contribution in [3.8, 4) is 6.07 Å². The lowest BCUT2D eigenvalue weighted by Crippen LogP contribution is -2.17. The summed E-state index contributed by atoms with van der Waals surface area (Å²) in [5.74, 6) is -0.492. The largest absolute Gasteiger partial charge is 0.367 e. The fourth-order valence-corrected chi connectivity index (χ4v) is 5.24. The molecule has 0 atom stereocenters. The van der Waals surface area contributed by atoms with Crippen LogP contribution in [0.2, 0.25) is 15.1 Å². The molecule has 0 aliphatic rings. The van der Waals surface area contributed by atoms with Gasteiger partial charge in [-0.15, -0.1) is 9.19 Å². The maximum absolute atomic E-state index is 13.3. The highest BCUT2D eigenvalue weighted by Crippen LogP contribution is 2.35. The van der Waals surface area contributed by atoms with Crippen LogP contribution in [0.1, 0.15) is 5.56 Å². The molecule has 31 heavy (non-hydrogen) atoms. The van der Waals surface area contributed by atoms with Gasteiger partial charge in [-0.1, -0.05) is 53.0 Å². The lowest BCUT2D eigenvalue weighted by molar-refractivity contribution is 0.582. The topological polar surface area (TPSA) is 127 Å². The van der Waals surface area contributed by atoms with Gasteiger partial charge in [0.25, 0.3) is 10.0 Å². The number of nitrogens with two attached hydrogens (primary N) is 1. The number of benzene rings is 3. The van der Waals surface area contributed by atoms with Gasteiger partial charge in [0, 0.05) is 10.4 Å². The first-order chi connectivity index (χ1) is 14.7. The Hall–Kier alpha value is -3.03. The zero-order valence-corrected chi connectivity index (χ0v) is 18.4. The summed E-state index contributed by atoms with van der Waals surface area (Å²) in [5, 5.41) is 17.5. The number of aromatic nitrogens is 3. The van der Waals surface area contributed by atoms with E-state index >= 15 is 0 Å². The molecule has 8 nitrogen and oxygen atoms in total. The minimum Gasteiger partial charge on any atom is -0.367 e. The molecule has 1 heterocycles. The summed E-state index contributed by atoms with van der Waals surface area (Å²) in [5.41, 5.74) is 6.50. The van der Waals surface area contributed by atoms with E-state index in [9.17, 15) is 8.42 Å². The smallest absolute Gasteiger partial charge is 0.286 e. The van der Waals surface area contributed by atoms with Gasteiger partial charge in [-0.3, -0.25) is 0 Å². The summed E-state index contributed by atoms with van der Waals surface area (Å²) in [4.78, 5) is 3.91. The lowest BCUT2D eigenvalue weighted by atomic mass is 10.1. The van der Waals surface area contributed by atoms with Crippen molar-refractivity contribution >= 4 is 73.2 Å². The van der Waals surface area contributed by atoms with E-state index in [1.165, 1.54) is 24.3 Å². The van der Waals surface area contributed by atoms with Crippen LogP contribution in [0.3, 0.4) is 0 Å². The highest BCUT2D eigenvalue weighted by Gasteiger charge is 2.25. The second kappa shape index (κ2) is 7.90. The lowest BCUT2D eigenvalue weighted by Gasteiger charge is -2.09. The third kappa shape index (κ3) is 3.86. The SMILES string of the molecule is N#Cc1ccc2c(S(=O)(=O)n3nc(Nc4c(Cl)cc(Cl)cc4Cl)nc3N)cccc2c1. The molecule has 0 amide bonds. The van der Waals surface area contributed by atoms with E-state index in [4.69, 9.17) is 45.8 Å². The molecule has 0 aliphatic carbocycles. The van der Waals surface area contributed by atoms with Crippen molar-refractivity contribution in [2.24, 2.45) is 0 Å². The van der Waals surface area contributed by atoms with E-state index in [2.05, 4.69) is 15.4 Å². The number of hydrogen-bond acceptors (Lipinski definition) is 7. The zero-order chi connectivity index (χ0) is 22.3. The van der Waals surface area contributed by atoms with Gasteiger partial charge < -0.3 is 11.1 Å². The highest BCUT2D eigenvalue weighted by molar-refractivity contribution is 7.90. The molecule has 4 rings (SSSR count). The number of nitrogen functional groups attached to an aromatic ring is 1. The average molecular weight is 494 g/mol. The molecule has 156 valence electrons. The van der Waals surface area contributed by atoms with Crippen LogP contribution in [-0.2, 0) is 10.0 Å². The van der Waals surface area contributed by atoms with Crippen LogP contribution in [0.4, 0.5) is 17.6 Å². The Balaban J connectivity index is 1.79. The summed E-state index contributed by atoms with van der Waals surface area (Å²) >= 11 is 18.2. The van der Waals surface area contributed by atoms with E-state index in [1.807, 2.05) is 6.07 Å². The monoisotopic (exact) mass is 492 g/mol. The van der Waals surface area contributed by atoms with Crippen LogP contribution in [0.25, 0.3) is 10.8 Å². The second-order valence-corrected chi connectivity index (χ2v) is 9.30. The maximum atomic E-state index is 13.3. The first-order valence-electron chi connectivity index (χ1n) is 8.53. The predicted molar refractivity (Wildman–Crippen MR) is 120 cm³/mol. The predicted octanol–water partition coefficient (Wildman–Crippen LogP) is 4.83. The number of halogens is 3. The normalized spacial score (nSPS) is 11.4. The van der Waals surface area contributed by atoms with Gasteiger partial charge in [0.15, 0.2) is 0 Å². The Kier molecular flexibility index (Phi) is 5.41. The number of hydrogen-bond donors (Lipinski definition) is 2. The Bertz CT molecular complexity index is 1470. The quantitative estimate of drug-likeness (QED) is 0.417. The van der Waals surface area contributed by atoms with Crippen molar-refractivity contribution in [3.63, 3.8) is 0 Å².